The van der Waals surface area contributed by atoms with Crippen molar-refractivity contribution in [2.45, 2.75) is 58.9 Å². The third kappa shape index (κ3) is 6.79. The number of carbonyl (C=O) groups excluding carboxylic acids is 1. The molecule has 0 saturated heterocycles. The van der Waals surface area contributed by atoms with Crippen LogP contribution in [0.2, 0.25) is 0 Å². The second kappa shape index (κ2) is 11.7. The quantitative estimate of drug-likeness (QED) is 0.476. The molecule has 0 aliphatic heterocycles. The Morgan fingerprint density at radius 2 is 1.89 bits per heavy atom. The second-order valence-corrected chi connectivity index (χ2v) is 7.66. The predicted molar refractivity (Wildman–Crippen MR) is 117 cm³/mol. The minimum Gasteiger partial charge on any atom is -0.497 e. The highest BCUT2D eigenvalue weighted by atomic mass is 16.5. The van der Waals surface area contributed by atoms with Crippen LogP contribution in [0.5, 0.6) is 5.75 Å². The molecule has 2 aromatic carbocycles. The smallest absolute Gasteiger partial charge is 0.137 e. The molecule has 0 aliphatic carbocycles. The van der Waals surface area contributed by atoms with Crippen molar-refractivity contribution in [3.8, 4) is 5.75 Å². The summed E-state index contributed by atoms with van der Waals surface area (Å²) < 4.78 is 5.36. The van der Waals surface area contributed by atoms with Crippen molar-refractivity contribution >= 4 is 6.29 Å². The van der Waals surface area contributed by atoms with Crippen LogP contribution < -0.4 is 4.74 Å². The third-order valence-electron chi connectivity index (χ3n) is 5.46. The van der Waals surface area contributed by atoms with Gasteiger partial charge in [0.15, 0.2) is 0 Å². The zero-order valence-electron chi connectivity index (χ0n) is 17.9. The third-order valence-corrected chi connectivity index (χ3v) is 5.46. The standard InChI is InChI=1S/C25H35NO2/c1-5-6-15-26(16-14-22-9-7-8-20(2)17-22)24(19-27)12-11-23-18-25(28-4)13-10-21(23)3/h7-10,13,17-19,24H,5-6,11-12,14-16H2,1-4H3. The van der Waals surface area contributed by atoms with Crippen molar-refractivity contribution in [1.82, 2.24) is 4.90 Å². The molecule has 152 valence electrons. The van der Waals surface area contributed by atoms with Gasteiger partial charge >= 0.3 is 0 Å². The molecule has 0 heterocycles. The highest BCUT2D eigenvalue weighted by Gasteiger charge is 2.18. The van der Waals surface area contributed by atoms with E-state index in [1.807, 2.05) is 6.07 Å². The minimum absolute atomic E-state index is 0.0399. The predicted octanol–water partition coefficient (Wildman–Crippen LogP) is 5.16. The van der Waals surface area contributed by atoms with Crippen LogP contribution in [-0.4, -0.2) is 37.4 Å². The lowest BCUT2D eigenvalue weighted by Crippen LogP contribution is -2.39. The topological polar surface area (TPSA) is 29.5 Å². The Bertz CT molecular complexity index is 741. The first-order chi connectivity index (χ1) is 13.6. The lowest BCUT2D eigenvalue weighted by atomic mass is 9.99. The van der Waals surface area contributed by atoms with E-state index in [0.717, 1.165) is 57.2 Å². The fraction of sp³-hybridized carbons (Fsp3) is 0.480. The molecule has 0 amide bonds. The summed E-state index contributed by atoms with van der Waals surface area (Å²) in [5, 5.41) is 0. The molecule has 0 saturated carbocycles. The zero-order chi connectivity index (χ0) is 20.4. The number of unbranched alkanes of at least 4 members (excludes halogenated alkanes) is 1. The number of rotatable bonds is 12. The SMILES string of the molecule is CCCCN(CCc1cccc(C)c1)C(C=O)CCc1cc(OC)ccc1C. The largest absolute Gasteiger partial charge is 0.497 e. The van der Waals surface area contributed by atoms with E-state index in [1.54, 1.807) is 7.11 Å². The fourth-order valence-electron chi connectivity index (χ4n) is 3.63. The average Bonchev–Trinajstić information content (AvgIpc) is 2.70. The Morgan fingerprint density at radius 3 is 2.57 bits per heavy atom. The zero-order valence-corrected chi connectivity index (χ0v) is 17.9. The maximum absolute atomic E-state index is 11.9. The van der Waals surface area contributed by atoms with Crippen molar-refractivity contribution in [3.05, 3.63) is 64.7 Å². The minimum atomic E-state index is -0.0399. The lowest BCUT2D eigenvalue weighted by molar-refractivity contribution is -0.112. The number of methoxy groups -OCH3 is 1. The summed E-state index contributed by atoms with van der Waals surface area (Å²) in [6.45, 7) is 8.35. The summed E-state index contributed by atoms with van der Waals surface area (Å²) >= 11 is 0. The van der Waals surface area contributed by atoms with Crippen molar-refractivity contribution in [3.63, 3.8) is 0 Å². The summed E-state index contributed by atoms with van der Waals surface area (Å²) in [5.74, 6) is 0.880. The van der Waals surface area contributed by atoms with Crippen LogP contribution in [0, 0.1) is 13.8 Å². The Kier molecular flexibility index (Phi) is 9.22. The van der Waals surface area contributed by atoms with E-state index in [4.69, 9.17) is 4.74 Å². The van der Waals surface area contributed by atoms with Crippen molar-refractivity contribution in [2.75, 3.05) is 20.2 Å². The van der Waals surface area contributed by atoms with E-state index in [2.05, 4.69) is 62.1 Å². The van der Waals surface area contributed by atoms with Crippen LogP contribution in [0.15, 0.2) is 42.5 Å². The number of nitrogens with zero attached hydrogens (tertiary/aromatic N) is 1. The number of hydrogen-bond donors (Lipinski definition) is 0. The Balaban J connectivity index is 2.03. The Hall–Kier alpha value is -2.13. The first-order valence-corrected chi connectivity index (χ1v) is 10.5. The first-order valence-electron chi connectivity index (χ1n) is 10.5. The van der Waals surface area contributed by atoms with E-state index < -0.39 is 0 Å². The van der Waals surface area contributed by atoms with Gasteiger partial charge in [-0.2, -0.15) is 0 Å². The van der Waals surface area contributed by atoms with E-state index in [1.165, 1.54) is 22.3 Å². The molecule has 1 unspecified atom stereocenters. The molecule has 1 atom stereocenters. The van der Waals surface area contributed by atoms with Crippen molar-refractivity contribution in [1.29, 1.82) is 0 Å². The van der Waals surface area contributed by atoms with Crippen LogP contribution in [0.1, 0.15) is 48.4 Å². The van der Waals surface area contributed by atoms with E-state index in [0.29, 0.717) is 0 Å². The van der Waals surface area contributed by atoms with Gasteiger partial charge in [-0.1, -0.05) is 49.2 Å². The van der Waals surface area contributed by atoms with E-state index in [-0.39, 0.29) is 6.04 Å². The number of aryl methyl sites for hydroxylation is 3. The number of carbonyl (C=O) groups is 1. The molecule has 3 heteroatoms. The van der Waals surface area contributed by atoms with Gasteiger partial charge in [0.25, 0.3) is 0 Å². The van der Waals surface area contributed by atoms with Gasteiger partial charge in [0.2, 0.25) is 0 Å². The molecule has 28 heavy (non-hydrogen) atoms. The maximum Gasteiger partial charge on any atom is 0.137 e. The number of aldehydes is 1. The molecular weight excluding hydrogens is 346 g/mol. The molecule has 2 rings (SSSR count). The molecular formula is C25H35NO2. The van der Waals surface area contributed by atoms with Crippen LogP contribution in [0.3, 0.4) is 0 Å². The molecule has 0 spiro atoms. The van der Waals surface area contributed by atoms with Crippen LogP contribution in [-0.2, 0) is 17.6 Å². The molecule has 0 aliphatic rings. The maximum atomic E-state index is 11.9. The number of hydrogen-bond acceptors (Lipinski definition) is 3. The molecule has 0 fully saturated rings. The van der Waals surface area contributed by atoms with Crippen LogP contribution in [0.4, 0.5) is 0 Å². The van der Waals surface area contributed by atoms with Gasteiger partial charge in [-0.25, -0.2) is 0 Å². The second-order valence-electron chi connectivity index (χ2n) is 7.66. The fourth-order valence-corrected chi connectivity index (χ4v) is 3.63. The molecule has 0 N–H and O–H groups in total. The van der Waals surface area contributed by atoms with E-state index >= 15 is 0 Å². The summed E-state index contributed by atoms with van der Waals surface area (Å²) in [6.07, 6.45) is 6.11. The molecule has 2 aromatic rings. The van der Waals surface area contributed by atoms with Gasteiger partial charge < -0.3 is 9.53 Å². The monoisotopic (exact) mass is 381 g/mol. The molecule has 3 nitrogen and oxygen atoms in total. The lowest BCUT2D eigenvalue weighted by Gasteiger charge is -2.28. The number of ether oxygens (including phenoxy) is 1. The van der Waals surface area contributed by atoms with Crippen LogP contribution in [0.25, 0.3) is 0 Å². The molecule has 0 bridgehead atoms. The van der Waals surface area contributed by atoms with Gasteiger partial charge in [-0.3, -0.25) is 4.90 Å². The van der Waals surface area contributed by atoms with Crippen molar-refractivity contribution in [2.24, 2.45) is 0 Å². The van der Waals surface area contributed by atoms with Gasteiger partial charge in [-0.15, -0.1) is 0 Å². The average molecular weight is 382 g/mol. The highest BCUT2D eigenvalue weighted by molar-refractivity contribution is 5.57. The van der Waals surface area contributed by atoms with Gasteiger partial charge in [0.05, 0.1) is 13.2 Å². The Labute approximate surface area is 170 Å². The normalized spacial score (nSPS) is 12.2. The number of benzene rings is 2. The van der Waals surface area contributed by atoms with Crippen molar-refractivity contribution < 1.29 is 9.53 Å². The van der Waals surface area contributed by atoms with Gasteiger partial charge in [0, 0.05) is 6.54 Å². The first kappa shape index (κ1) is 22.2. The Morgan fingerprint density at radius 1 is 1.07 bits per heavy atom. The summed E-state index contributed by atoms with van der Waals surface area (Å²) in [7, 11) is 1.69. The van der Waals surface area contributed by atoms with Crippen LogP contribution >= 0.6 is 0 Å². The van der Waals surface area contributed by atoms with Gasteiger partial charge in [0.1, 0.15) is 12.0 Å². The summed E-state index contributed by atoms with van der Waals surface area (Å²) in [4.78, 5) is 14.3. The van der Waals surface area contributed by atoms with E-state index in [9.17, 15) is 4.79 Å². The highest BCUT2D eigenvalue weighted by Crippen LogP contribution is 2.20. The van der Waals surface area contributed by atoms with Gasteiger partial charge in [-0.05, 0) is 74.9 Å². The summed E-state index contributed by atoms with van der Waals surface area (Å²) in [5.41, 5.74) is 5.15. The summed E-state index contributed by atoms with van der Waals surface area (Å²) in [6, 6.07) is 14.8. The molecule has 0 aromatic heterocycles. The molecule has 0 radical (unpaired) electrons.